The maximum atomic E-state index is 12.0. The Morgan fingerprint density at radius 1 is 1.05 bits per heavy atom. The Balaban J connectivity index is 1.91. The number of allylic oxidation sites excluding steroid dienone is 2. The van der Waals surface area contributed by atoms with Gasteiger partial charge in [-0.05, 0) is 29.8 Å². The van der Waals surface area contributed by atoms with Gasteiger partial charge >= 0.3 is 0 Å². The molecule has 98 valence electrons. The predicted molar refractivity (Wildman–Crippen MR) is 86.2 cm³/mol. The van der Waals surface area contributed by atoms with Crippen LogP contribution in [0.2, 0.25) is 0 Å². The molecule has 1 N–H and O–H groups in total. The van der Waals surface area contributed by atoms with Gasteiger partial charge in [-0.3, -0.25) is 4.79 Å². The molecule has 0 spiro atoms. The van der Waals surface area contributed by atoms with Gasteiger partial charge in [0, 0.05) is 21.3 Å². The third kappa shape index (κ3) is 2.58. The molecule has 0 saturated heterocycles. The van der Waals surface area contributed by atoms with Gasteiger partial charge in [0.2, 0.25) is 0 Å². The molecule has 1 aliphatic heterocycles. The zero-order valence-electron chi connectivity index (χ0n) is 10.6. The smallest absolute Gasteiger partial charge is 0.256 e. The van der Waals surface area contributed by atoms with Crippen LogP contribution < -0.4 is 5.32 Å². The third-order valence-corrected chi connectivity index (χ3v) is 3.61. The zero-order chi connectivity index (χ0) is 13.9. The molecule has 0 fully saturated rings. The minimum Gasteiger partial charge on any atom is -0.321 e. The number of rotatable bonds is 2. The Bertz CT molecular complexity index is 717. The predicted octanol–water partition coefficient (Wildman–Crippen LogP) is 4.50. The fourth-order valence-electron chi connectivity index (χ4n) is 2.15. The lowest BCUT2D eigenvalue weighted by Gasteiger charge is -1.98. The van der Waals surface area contributed by atoms with Crippen molar-refractivity contribution < 1.29 is 4.79 Å². The summed E-state index contributed by atoms with van der Waals surface area (Å²) in [5.74, 6) is -0.0594. The first kappa shape index (κ1) is 12.9. The summed E-state index contributed by atoms with van der Waals surface area (Å²) < 4.78 is 0.964. The Kier molecular flexibility index (Phi) is 3.52. The lowest BCUT2D eigenvalue weighted by molar-refractivity contribution is -0.110. The van der Waals surface area contributed by atoms with Gasteiger partial charge in [-0.2, -0.15) is 0 Å². The number of amides is 1. The molecule has 20 heavy (non-hydrogen) atoms. The van der Waals surface area contributed by atoms with Crippen LogP contribution >= 0.6 is 15.9 Å². The number of halogens is 1. The minimum atomic E-state index is -0.0594. The van der Waals surface area contributed by atoms with Crippen LogP contribution in [-0.4, -0.2) is 5.91 Å². The van der Waals surface area contributed by atoms with E-state index >= 15 is 0 Å². The average molecular weight is 326 g/mol. The Labute approximate surface area is 126 Å². The summed E-state index contributed by atoms with van der Waals surface area (Å²) in [5.41, 5.74) is 3.59. The average Bonchev–Trinajstić information content (AvgIpc) is 2.76. The Morgan fingerprint density at radius 2 is 1.85 bits per heavy atom. The largest absolute Gasteiger partial charge is 0.321 e. The summed E-state index contributed by atoms with van der Waals surface area (Å²) >= 11 is 3.43. The second-order valence-corrected chi connectivity index (χ2v) is 5.41. The number of anilines is 1. The highest BCUT2D eigenvalue weighted by Crippen LogP contribution is 2.33. The molecule has 1 amide bonds. The maximum absolute atomic E-state index is 12.0. The van der Waals surface area contributed by atoms with Crippen LogP contribution in [0.4, 0.5) is 5.69 Å². The SMILES string of the molecule is O=C1Nc2ccc(Br)cc2/C1=C\C=C\c1ccccc1. The summed E-state index contributed by atoms with van der Waals surface area (Å²) in [6, 6.07) is 15.8. The molecule has 2 aromatic carbocycles. The molecule has 0 aromatic heterocycles. The van der Waals surface area contributed by atoms with E-state index in [0.717, 1.165) is 21.3 Å². The van der Waals surface area contributed by atoms with Crippen molar-refractivity contribution in [3.05, 3.63) is 76.3 Å². The zero-order valence-corrected chi connectivity index (χ0v) is 12.2. The van der Waals surface area contributed by atoms with Crippen molar-refractivity contribution in [2.45, 2.75) is 0 Å². The summed E-state index contributed by atoms with van der Waals surface area (Å²) in [6.45, 7) is 0. The van der Waals surface area contributed by atoms with Crippen molar-refractivity contribution in [3.8, 4) is 0 Å². The van der Waals surface area contributed by atoms with E-state index in [1.165, 1.54) is 0 Å². The van der Waals surface area contributed by atoms with Gasteiger partial charge in [0.15, 0.2) is 0 Å². The van der Waals surface area contributed by atoms with E-state index in [0.29, 0.717) is 5.57 Å². The fraction of sp³-hybridized carbons (Fsp3) is 0. The highest BCUT2D eigenvalue weighted by molar-refractivity contribution is 9.10. The number of hydrogen-bond acceptors (Lipinski definition) is 1. The second-order valence-electron chi connectivity index (χ2n) is 4.49. The number of benzene rings is 2. The number of nitrogens with one attached hydrogen (secondary N) is 1. The molecular formula is C17H12BrNO. The standard InChI is InChI=1S/C17H12BrNO/c18-13-9-10-16-15(11-13)14(17(20)19-16)8-4-7-12-5-2-1-3-6-12/h1-11H,(H,19,20)/b7-4+,14-8+. The van der Waals surface area contributed by atoms with Crippen LogP contribution in [0.3, 0.4) is 0 Å². The van der Waals surface area contributed by atoms with E-state index in [1.54, 1.807) is 0 Å². The molecule has 0 radical (unpaired) electrons. The maximum Gasteiger partial charge on any atom is 0.256 e. The van der Waals surface area contributed by atoms with Crippen molar-refractivity contribution in [1.82, 2.24) is 0 Å². The first-order chi connectivity index (χ1) is 9.74. The molecule has 0 saturated carbocycles. The highest BCUT2D eigenvalue weighted by atomic mass is 79.9. The molecule has 1 heterocycles. The lowest BCUT2D eigenvalue weighted by atomic mass is 10.1. The van der Waals surface area contributed by atoms with Gasteiger partial charge < -0.3 is 5.32 Å². The first-order valence-electron chi connectivity index (χ1n) is 6.29. The van der Waals surface area contributed by atoms with Crippen LogP contribution in [0, 0.1) is 0 Å². The van der Waals surface area contributed by atoms with E-state index in [-0.39, 0.29) is 5.91 Å². The van der Waals surface area contributed by atoms with Gasteiger partial charge in [0.1, 0.15) is 0 Å². The van der Waals surface area contributed by atoms with E-state index in [4.69, 9.17) is 0 Å². The molecule has 0 unspecified atom stereocenters. The summed E-state index contributed by atoms with van der Waals surface area (Å²) in [5, 5.41) is 2.86. The van der Waals surface area contributed by atoms with Crippen molar-refractivity contribution >= 4 is 39.2 Å². The van der Waals surface area contributed by atoms with Crippen LogP contribution in [0.1, 0.15) is 11.1 Å². The van der Waals surface area contributed by atoms with Gasteiger partial charge in [-0.25, -0.2) is 0 Å². The van der Waals surface area contributed by atoms with Gasteiger partial charge in [0.25, 0.3) is 5.91 Å². The Hall–Kier alpha value is -2.13. The molecule has 0 atom stereocenters. The van der Waals surface area contributed by atoms with Crippen LogP contribution in [0.15, 0.2) is 65.2 Å². The third-order valence-electron chi connectivity index (χ3n) is 3.12. The number of carbonyl (C=O) groups is 1. The molecular weight excluding hydrogens is 314 g/mol. The van der Waals surface area contributed by atoms with Crippen molar-refractivity contribution in [2.75, 3.05) is 5.32 Å². The number of fused-ring (bicyclic) bond motifs is 1. The van der Waals surface area contributed by atoms with E-state index in [1.807, 2.05) is 66.8 Å². The van der Waals surface area contributed by atoms with E-state index in [2.05, 4.69) is 21.2 Å². The highest BCUT2D eigenvalue weighted by Gasteiger charge is 2.23. The summed E-state index contributed by atoms with van der Waals surface area (Å²) in [7, 11) is 0. The summed E-state index contributed by atoms with van der Waals surface area (Å²) in [6.07, 6.45) is 5.73. The molecule has 2 aromatic rings. The molecule has 3 heteroatoms. The monoisotopic (exact) mass is 325 g/mol. The molecule has 3 rings (SSSR count). The van der Waals surface area contributed by atoms with Crippen molar-refractivity contribution in [1.29, 1.82) is 0 Å². The quantitative estimate of drug-likeness (QED) is 0.809. The number of carbonyl (C=O) groups excluding carboxylic acids is 1. The van der Waals surface area contributed by atoms with Gasteiger partial charge in [-0.1, -0.05) is 58.4 Å². The van der Waals surface area contributed by atoms with Crippen molar-refractivity contribution in [3.63, 3.8) is 0 Å². The van der Waals surface area contributed by atoms with Crippen LogP contribution in [-0.2, 0) is 4.79 Å². The molecule has 2 nitrogen and oxygen atoms in total. The molecule has 0 bridgehead atoms. The van der Waals surface area contributed by atoms with E-state index in [9.17, 15) is 4.79 Å². The summed E-state index contributed by atoms with van der Waals surface area (Å²) in [4.78, 5) is 12.0. The molecule has 0 aliphatic carbocycles. The minimum absolute atomic E-state index is 0.0594. The Morgan fingerprint density at radius 3 is 2.65 bits per heavy atom. The second kappa shape index (κ2) is 5.47. The van der Waals surface area contributed by atoms with Gasteiger partial charge in [0.05, 0.1) is 0 Å². The van der Waals surface area contributed by atoms with Crippen LogP contribution in [0.5, 0.6) is 0 Å². The van der Waals surface area contributed by atoms with E-state index < -0.39 is 0 Å². The van der Waals surface area contributed by atoms with Crippen LogP contribution in [0.25, 0.3) is 11.6 Å². The fourth-order valence-corrected chi connectivity index (χ4v) is 2.51. The van der Waals surface area contributed by atoms with Gasteiger partial charge in [-0.15, -0.1) is 0 Å². The first-order valence-corrected chi connectivity index (χ1v) is 7.08. The molecule has 1 aliphatic rings. The number of hydrogen-bond donors (Lipinski definition) is 1. The lowest BCUT2D eigenvalue weighted by Crippen LogP contribution is -2.03. The normalized spacial score (nSPS) is 15.7. The topological polar surface area (TPSA) is 29.1 Å². The van der Waals surface area contributed by atoms with Crippen molar-refractivity contribution in [2.24, 2.45) is 0 Å².